The van der Waals surface area contributed by atoms with Gasteiger partial charge in [0.05, 0.1) is 49.4 Å². The Kier molecular flexibility index (Phi) is 12.8. The van der Waals surface area contributed by atoms with Crippen molar-refractivity contribution in [3.8, 4) is 0 Å². The Bertz CT molecular complexity index is 1720. The van der Waals surface area contributed by atoms with E-state index in [0.717, 1.165) is 6.26 Å². The first-order chi connectivity index (χ1) is 27.4. The van der Waals surface area contributed by atoms with Crippen molar-refractivity contribution >= 4 is 11.9 Å². The molecule has 2 fully saturated rings. The van der Waals surface area contributed by atoms with Gasteiger partial charge in [0.25, 0.3) is 0 Å². The molecule has 57 heavy (non-hydrogen) atoms. The minimum Gasteiger partial charge on any atom is -0.472 e. The lowest BCUT2D eigenvalue weighted by atomic mass is 9.87. The maximum atomic E-state index is 14.0. The number of carbonyl (C=O) groups is 2. The molecular weight excluding hydrogens is 760 g/mol. The van der Waals surface area contributed by atoms with Crippen LogP contribution in [0.3, 0.4) is 0 Å². The van der Waals surface area contributed by atoms with E-state index in [-0.39, 0.29) is 17.7 Å². The molecule has 4 heterocycles. The summed E-state index contributed by atoms with van der Waals surface area (Å²) in [5.41, 5.74) is 1.63. The number of aliphatic hydroxyl groups is 9. The Hall–Kier alpha value is -3.80. The second-order valence-corrected chi connectivity index (χ2v) is 14.5. The molecule has 1 aromatic rings. The van der Waals surface area contributed by atoms with E-state index in [2.05, 4.69) is 0 Å². The van der Waals surface area contributed by atoms with Crippen molar-refractivity contribution in [3.05, 3.63) is 82.9 Å². The van der Waals surface area contributed by atoms with E-state index in [0.29, 0.717) is 29.6 Å². The van der Waals surface area contributed by atoms with Crippen LogP contribution in [0.5, 0.6) is 0 Å². The van der Waals surface area contributed by atoms with Crippen LogP contribution in [-0.2, 0) is 42.7 Å². The fraction of sp³-hybridized carbons (Fsp3) is 0.579. The monoisotopic (exact) mass is 806 g/mol. The summed E-state index contributed by atoms with van der Waals surface area (Å²) < 4.78 is 46.2. The van der Waals surface area contributed by atoms with Gasteiger partial charge >= 0.3 is 11.9 Å². The van der Waals surface area contributed by atoms with E-state index in [4.69, 9.17) is 37.9 Å². The normalized spacial score (nSPS) is 39.9. The Morgan fingerprint density at radius 1 is 0.754 bits per heavy atom. The van der Waals surface area contributed by atoms with Crippen molar-refractivity contribution in [1.29, 1.82) is 0 Å². The number of esters is 2. The molecule has 0 aromatic heterocycles. The number of hydrogen-bond acceptors (Lipinski definition) is 19. The summed E-state index contributed by atoms with van der Waals surface area (Å²) >= 11 is 0. The Labute approximate surface area is 325 Å². The van der Waals surface area contributed by atoms with E-state index >= 15 is 0 Å². The van der Waals surface area contributed by atoms with Crippen LogP contribution in [-0.4, -0.2) is 164 Å². The zero-order valence-corrected chi connectivity index (χ0v) is 30.3. The first kappa shape index (κ1) is 41.4. The molecule has 1 aromatic carbocycles. The third-order valence-electron chi connectivity index (χ3n) is 11.1. The molecule has 2 saturated heterocycles. The van der Waals surface area contributed by atoms with Gasteiger partial charge in [0.2, 0.25) is 12.6 Å². The first-order valence-electron chi connectivity index (χ1n) is 18.5. The highest BCUT2D eigenvalue weighted by Crippen LogP contribution is 2.46. The summed E-state index contributed by atoms with van der Waals surface area (Å²) in [6, 6.07) is 8.22. The van der Waals surface area contributed by atoms with E-state index < -0.39 is 130 Å². The van der Waals surface area contributed by atoms with Crippen molar-refractivity contribution in [2.24, 2.45) is 17.8 Å². The van der Waals surface area contributed by atoms with Crippen LogP contribution in [0.2, 0.25) is 0 Å². The minimum absolute atomic E-state index is 0.0705. The molecule has 0 spiro atoms. The highest BCUT2D eigenvalue weighted by atomic mass is 16.8. The number of aliphatic hydroxyl groups excluding tert-OH is 9. The number of ether oxygens (including phenoxy) is 8. The molecule has 6 aliphatic rings. The standard InChI is InChI=1S/C38H46O19/c39-11-17-6-7-19-21(15-52-36(25(17)19)57-38-32(47)30(45)28(43)24(13-41)55-38)34(49)53-22-10-18(14-51-33(48)16-4-2-1-3-5-16)26-20(22)8-9-50-35(26)56-37-31(46)29(44)27(42)23(12-40)54-37/h1-5,8-10,15,19-20,22-24,26-32,35-47H,6-7,11-14H2. The average Bonchev–Trinajstić information content (AvgIpc) is 3.82. The molecule has 2 aliphatic carbocycles. The molecule has 312 valence electrons. The predicted octanol–water partition coefficient (Wildman–Crippen LogP) is -2.63. The molecular formula is C38H46O19. The lowest BCUT2D eigenvalue weighted by molar-refractivity contribution is -0.339. The first-order valence-corrected chi connectivity index (χ1v) is 18.5. The molecule has 4 aliphatic heterocycles. The van der Waals surface area contributed by atoms with Crippen LogP contribution in [0.4, 0.5) is 0 Å². The van der Waals surface area contributed by atoms with Gasteiger partial charge in [-0.1, -0.05) is 18.2 Å². The lowest BCUT2D eigenvalue weighted by Crippen LogP contribution is -2.60. The summed E-state index contributed by atoms with van der Waals surface area (Å²) in [7, 11) is 0. The number of fused-ring (bicyclic) bond motifs is 2. The van der Waals surface area contributed by atoms with Crippen LogP contribution in [0.1, 0.15) is 23.2 Å². The van der Waals surface area contributed by atoms with E-state index in [1.54, 1.807) is 42.5 Å². The van der Waals surface area contributed by atoms with Crippen LogP contribution < -0.4 is 0 Å². The van der Waals surface area contributed by atoms with Crippen LogP contribution >= 0.6 is 0 Å². The topological polar surface area (TPSA) is 290 Å². The lowest BCUT2D eigenvalue weighted by Gasteiger charge is -2.42. The summed E-state index contributed by atoms with van der Waals surface area (Å²) in [6.45, 7) is -2.09. The molecule has 19 heteroatoms. The Balaban J connectivity index is 1.11. The van der Waals surface area contributed by atoms with E-state index in [1.165, 1.54) is 6.26 Å². The molecule has 0 radical (unpaired) electrons. The highest BCUT2D eigenvalue weighted by Gasteiger charge is 2.52. The number of rotatable bonds is 12. The van der Waals surface area contributed by atoms with E-state index in [9.17, 15) is 55.5 Å². The van der Waals surface area contributed by atoms with Crippen molar-refractivity contribution in [2.75, 3.05) is 26.4 Å². The van der Waals surface area contributed by atoms with Gasteiger partial charge in [-0.3, -0.25) is 0 Å². The maximum Gasteiger partial charge on any atom is 0.338 e. The molecule has 0 saturated carbocycles. The van der Waals surface area contributed by atoms with Crippen molar-refractivity contribution in [3.63, 3.8) is 0 Å². The predicted molar refractivity (Wildman–Crippen MR) is 185 cm³/mol. The van der Waals surface area contributed by atoms with Crippen LogP contribution in [0.25, 0.3) is 0 Å². The molecule has 16 unspecified atom stereocenters. The Morgan fingerprint density at radius 2 is 1.40 bits per heavy atom. The van der Waals surface area contributed by atoms with Gasteiger partial charge in [0.1, 0.15) is 61.5 Å². The molecule has 7 rings (SSSR count). The molecule has 0 bridgehead atoms. The third kappa shape index (κ3) is 8.13. The molecule has 19 nitrogen and oxygen atoms in total. The van der Waals surface area contributed by atoms with Crippen molar-refractivity contribution in [2.45, 2.75) is 92.9 Å². The average molecular weight is 807 g/mol. The maximum absolute atomic E-state index is 14.0. The summed E-state index contributed by atoms with van der Waals surface area (Å²) in [5, 5.41) is 91.8. The summed E-state index contributed by atoms with van der Waals surface area (Å²) in [6.07, 6.45) is -13.1. The smallest absolute Gasteiger partial charge is 0.338 e. The fourth-order valence-electron chi connectivity index (χ4n) is 8.03. The van der Waals surface area contributed by atoms with Gasteiger partial charge in [-0.15, -0.1) is 0 Å². The van der Waals surface area contributed by atoms with Gasteiger partial charge in [-0.05, 0) is 48.3 Å². The molecule has 0 amide bonds. The quantitative estimate of drug-likeness (QED) is 0.0771. The zero-order chi connectivity index (χ0) is 40.5. The van der Waals surface area contributed by atoms with Crippen molar-refractivity contribution < 1.29 is 93.4 Å². The second-order valence-electron chi connectivity index (χ2n) is 14.5. The van der Waals surface area contributed by atoms with Crippen molar-refractivity contribution in [1.82, 2.24) is 0 Å². The van der Waals surface area contributed by atoms with Gasteiger partial charge in [-0.2, -0.15) is 0 Å². The zero-order valence-electron chi connectivity index (χ0n) is 30.3. The SMILES string of the molecule is O=C(OC1C=C(COC(=O)c2ccccc2)C2C(OC3OC(CO)C(O)C(O)C3O)OC=CC12)C1=COC(OC2OC(CO)C(O)C(O)C2O)C2=C(CO)CCC12. The van der Waals surface area contributed by atoms with Gasteiger partial charge in [0.15, 0.2) is 12.6 Å². The number of hydrogen-bond donors (Lipinski definition) is 9. The number of benzene rings is 1. The van der Waals surface area contributed by atoms with E-state index in [1.807, 2.05) is 0 Å². The summed E-state index contributed by atoms with van der Waals surface area (Å²) in [5.74, 6) is -3.64. The van der Waals surface area contributed by atoms with Crippen LogP contribution in [0.15, 0.2) is 77.3 Å². The summed E-state index contributed by atoms with van der Waals surface area (Å²) in [4.78, 5) is 27.0. The van der Waals surface area contributed by atoms with Crippen LogP contribution in [0, 0.1) is 17.8 Å². The minimum atomic E-state index is -1.75. The largest absolute Gasteiger partial charge is 0.472 e. The molecule has 9 N–H and O–H groups in total. The second kappa shape index (κ2) is 17.6. The third-order valence-corrected chi connectivity index (χ3v) is 11.1. The highest BCUT2D eigenvalue weighted by molar-refractivity contribution is 5.90. The number of carbonyl (C=O) groups excluding carboxylic acids is 2. The molecule has 16 atom stereocenters. The van der Waals surface area contributed by atoms with Gasteiger partial charge in [-0.25, -0.2) is 9.59 Å². The van der Waals surface area contributed by atoms with Gasteiger partial charge < -0.3 is 83.9 Å². The Morgan fingerprint density at radius 3 is 2.04 bits per heavy atom. The fourth-order valence-corrected chi connectivity index (χ4v) is 8.03. The van der Waals surface area contributed by atoms with Gasteiger partial charge in [0, 0.05) is 17.4 Å².